The van der Waals surface area contributed by atoms with Crippen LogP contribution in [0.3, 0.4) is 0 Å². The highest BCUT2D eigenvalue weighted by Crippen LogP contribution is 2.23. The zero-order valence-electron chi connectivity index (χ0n) is 36.0. The van der Waals surface area contributed by atoms with Crippen molar-refractivity contribution in [1.29, 1.82) is 0 Å². The van der Waals surface area contributed by atoms with Gasteiger partial charge in [-0.15, -0.1) is 0 Å². The van der Waals surface area contributed by atoms with E-state index in [1.807, 2.05) is 0 Å². The Labute approximate surface area is 342 Å². The van der Waals surface area contributed by atoms with Crippen molar-refractivity contribution >= 4 is 5.91 Å². The SMILES string of the molecule is CCCCCCCC/C=C\CCCCCCCCC(O)C(=O)NC(COC1OC(CO)C(O)C(O)C1O)C(O)CCCCCCCCCCCCCCCCC. The highest BCUT2D eigenvalue weighted by Gasteiger charge is 2.44. The van der Waals surface area contributed by atoms with Gasteiger partial charge in [-0.3, -0.25) is 4.79 Å². The molecule has 1 fully saturated rings. The molecule has 1 amide bonds. The number of carbonyl (C=O) groups is 1. The summed E-state index contributed by atoms with van der Waals surface area (Å²) in [5, 5.41) is 64.8. The standard InChI is InChI=1S/C46H89NO9/c1-3-5-7-9-11-13-15-17-19-21-23-25-27-29-31-33-35-40(50)45(54)47-38(37-55-46-44(53)43(52)42(51)41(36-48)56-46)39(49)34-32-30-28-26-24-22-20-18-16-14-12-10-8-6-4-2/h17,19,38-44,46,48-53H,3-16,18,20-37H2,1-2H3,(H,47,54)/b19-17-. The fraction of sp³-hybridized carbons (Fsp3) is 0.935. The highest BCUT2D eigenvalue weighted by atomic mass is 16.7. The molecule has 1 aliphatic heterocycles. The molecule has 10 heteroatoms. The Balaban J connectivity index is 2.39. The molecule has 0 aromatic heterocycles. The number of unbranched alkanes of at least 4 members (excludes halogenated alkanes) is 26. The summed E-state index contributed by atoms with van der Waals surface area (Å²) in [6.07, 6.45) is 31.1. The first kappa shape index (κ1) is 52.9. The van der Waals surface area contributed by atoms with Crippen molar-refractivity contribution in [3.63, 3.8) is 0 Å². The van der Waals surface area contributed by atoms with Crippen molar-refractivity contribution in [3.05, 3.63) is 12.2 Å². The molecule has 8 unspecified atom stereocenters. The second kappa shape index (κ2) is 36.9. The molecule has 332 valence electrons. The van der Waals surface area contributed by atoms with E-state index in [1.54, 1.807) is 0 Å². The average molecular weight is 800 g/mol. The first-order valence-electron chi connectivity index (χ1n) is 23.5. The molecule has 1 aliphatic rings. The monoisotopic (exact) mass is 800 g/mol. The third-order valence-electron chi connectivity index (χ3n) is 11.5. The maximum Gasteiger partial charge on any atom is 0.249 e. The van der Waals surface area contributed by atoms with Crippen molar-refractivity contribution in [2.45, 2.75) is 262 Å². The largest absolute Gasteiger partial charge is 0.394 e. The molecule has 1 heterocycles. The summed E-state index contributed by atoms with van der Waals surface area (Å²) in [4.78, 5) is 13.1. The molecule has 56 heavy (non-hydrogen) atoms. The van der Waals surface area contributed by atoms with Crippen LogP contribution in [0.1, 0.15) is 213 Å². The van der Waals surface area contributed by atoms with Crippen molar-refractivity contribution in [1.82, 2.24) is 5.32 Å². The van der Waals surface area contributed by atoms with E-state index in [2.05, 4.69) is 31.3 Å². The van der Waals surface area contributed by atoms with E-state index in [0.29, 0.717) is 12.8 Å². The second-order valence-corrected chi connectivity index (χ2v) is 16.7. The summed E-state index contributed by atoms with van der Waals surface area (Å²) in [5.41, 5.74) is 0. The lowest BCUT2D eigenvalue weighted by molar-refractivity contribution is -0.302. The van der Waals surface area contributed by atoms with Crippen LogP contribution in [0.15, 0.2) is 12.2 Å². The van der Waals surface area contributed by atoms with Crippen molar-refractivity contribution in [2.75, 3.05) is 13.2 Å². The number of amides is 1. The van der Waals surface area contributed by atoms with Crippen LogP contribution in [0, 0.1) is 0 Å². The first-order valence-corrected chi connectivity index (χ1v) is 23.5. The summed E-state index contributed by atoms with van der Waals surface area (Å²) < 4.78 is 11.2. The number of rotatable bonds is 39. The number of hydrogen-bond acceptors (Lipinski definition) is 9. The zero-order valence-corrected chi connectivity index (χ0v) is 36.0. The number of ether oxygens (including phenoxy) is 2. The number of aliphatic hydroxyl groups is 6. The predicted octanol–water partition coefficient (Wildman–Crippen LogP) is 8.70. The van der Waals surface area contributed by atoms with Crippen LogP contribution in [0.2, 0.25) is 0 Å². The van der Waals surface area contributed by atoms with Crippen LogP contribution >= 0.6 is 0 Å². The Morgan fingerprint density at radius 2 is 1.00 bits per heavy atom. The molecule has 10 nitrogen and oxygen atoms in total. The van der Waals surface area contributed by atoms with Gasteiger partial charge in [0.05, 0.1) is 25.4 Å². The fourth-order valence-corrected chi connectivity index (χ4v) is 7.57. The Bertz CT molecular complexity index is 906. The third-order valence-corrected chi connectivity index (χ3v) is 11.5. The van der Waals surface area contributed by atoms with E-state index in [1.165, 1.54) is 128 Å². The Hall–Kier alpha value is -1.11. The Morgan fingerprint density at radius 3 is 1.45 bits per heavy atom. The van der Waals surface area contributed by atoms with E-state index < -0.39 is 61.5 Å². The summed E-state index contributed by atoms with van der Waals surface area (Å²) in [7, 11) is 0. The molecule has 0 aromatic carbocycles. The first-order chi connectivity index (χ1) is 27.3. The molecule has 0 radical (unpaired) electrons. The van der Waals surface area contributed by atoms with Crippen LogP contribution in [-0.4, -0.2) is 98.7 Å². The normalized spacial score (nSPS) is 21.8. The van der Waals surface area contributed by atoms with Gasteiger partial charge in [-0.25, -0.2) is 0 Å². The minimum Gasteiger partial charge on any atom is -0.394 e. The van der Waals surface area contributed by atoms with E-state index in [-0.39, 0.29) is 6.61 Å². The molecule has 0 spiro atoms. The van der Waals surface area contributed by atoms with Gasteiger partial charge >= 0.3 is 0 Å². The van der Waals surface area contributed by atoms with Gasteiger partial charge in [-0.2, -0.15) is 0 Å². The smallest absolute Gasteiger partial charge is 0.249 e. The molecule has 1 saturated heterocycles. The molecule has 7 N–H and O–H groups in total. The lowest BCUT2D eigenvalue weighted by atomic mass is 9.99. The van der Waals surface area contributed by atoms with Gasteiger partial charge in [-0.1, -0.05) is 187 Å². The van der Waals surface area contributed by atoms with Gasteiger partial charge in [0, 0.05) is 0 Å². The Morgan fingerprint density at radius 1 is 0.589 bits per heavy atom. The molecular formula is C46H89NO9. The minimum absolute atomic E-state index is 0.255. The molecule has 0 aromatic rings. The fourth-order valence-electron chi connectivity index (χ4n) is 7.57. The van der Waals surface area contributed by atoms with Crippen molar-refractivity contribution in [3.8, 4) is 0 Å². The van der Waals surface area contributed by atoms with E-state index in [9.17, 15) is 35.4 Å². The minimum atomic E-state index is -1.59. The number of hydrogen-bond donors (Lipinski definition) is 7. The van der Waals surface area contributed by atoms with Gasteiger partial charge in [0.15, 0.2) is 6.29 Å². The van der Waals surface area contributed by atoms with Gasteiger partial charge < -0.3 is 45.4 Å². The van der Waals surface area contributed by atoms with Crippen LogP contribution < -0.4 is 5.32 Å². The van der Waals surface area contributed by atoms with Crippen LogP contribution in [-0.2, 0) is 14.3 Å². The number of aliphatic hydroxyl groups excluding tert-OH is 6. The van der Waals surface area contributed by atoms with Crippen LogP contribution in [0.25, 0.3) is 0 Å². The van der Waals surface area contributed by atoms with Gasteiger partial charge in [0.1, 0.15) is 30.5 Å². The second-order valence-electron chi connectivity index (χ2n) is 16.7. The number of carbonyl (C=O) groups excluding carboxylic acids is 1. The van der Waals surface area contributed by atoms with E-state index in [0.717, 1.165) is 57.8 Å². The molecule has 0 saturated carbocycles. The topological polar surface area (TPSA) is 169 Å². The summed E-state index contributed by atoms with van der Waals surface area (Å²) in [6, 6.07) is -0.893. The summed E-state index contributed by atoms with van der Waals surface area (Å²) >= 11 is 0. The highest BCUT2D eigenvalue weighted by molar-refractivity contribution is 5.80. The number of allylic oxidation sites excluding steroid dienone is 2. The molecule has 8 atom stereocenters. The maximum atomic E-state index is 13.1. The van der Waals surface area contributed by atoms with Crippen molar-refractivity contribution in [2.24, 2.45) is 0 Å². The molecular weight excluding hydrogens is 711 g/mol. The van der Waals surface area contributed by atoms with E-state index in [4.69, 9.17) is 9.47 Å². The zero-order chi connectivity index (χ0) is 41.1. The lowest BCUT2D eigenvalue weighted by Crippen LogP contribution is -2.60. The summed E-state index contributed by atoms with van der Waals surface area (Å²) in [6.45, 7) is 3.66. The van der Waals surface area contributed by atoms with Crippen LogP contribution in [0.4, 0.5) is 0 Å². The molecule has 0 bridgehead atoms. The quantitative estimate of drug-likeness (QED) is 0.0238. The third kappa shape index (κ3) is 26.8. The maximum absolute atomic E-state index is 13.1. The van der Waals surface area contributed by atoms with Crippen LogP contribution in [0.5, 0.6) is 0 Å². The average Bonchev–Trinajstić information content (AvgIpc) is 3.20. The van der Waals surface area contributed by atoms with Gasteiger partial charge in [0.25, 0.3) is 0 Å². The predicted molar refractivity (Wildman–Crippen MR) is 227 cm³/mol. The molecule has 1 rings (SSSR count). The molecule has 0 aliphatic carbocycles. The Kier molecular flexibility index (Phi) is 34.9. The van der Waals surface area contributed by atoms with Gasteiger partial charge in [0.2, 0.25) is 5.91 Å². The van der Waals surface area contributed by atoms with Crippen molar-refractivity contribution < 1.29 is 44.9 Å². The summed E-state index contributed by atoms with van der Waals surface area (Å²) in [5.74, 6) is -0.587. The number of nitrogens with one attached hydrogen (secondary N) is 1. The lowest BCUT2D eigenvalue weighted by Gasteiger charge is -2.40. The van der Waals surface area contributed by atoms with Gasteiger partial charge in [-0.05, 0) is 38.5 Å². The van der Waals surface area contributed by atoms with E-state index >= 15 is 0 Å².